The number of amides is 2. The van der Waals surface area contributed by atoms with E-state index in [1.54, 1.807) is 44.2 Å². The van der Waals surface area contributed by atoms with Gasteiger partial charge in [0.15, 0.2) is 11.5 Å². The van der Waals surface area contributed by atoms with Crippen LogP contribution in [0, 0.1) is 12.7 Å². The quantitative estimate of drug-likeness (QED) is 0.340. The van der Waals surface area contributed by atoms with E-state index < -0.39 is 40.2 Å². The maximum absolute atomic E-state index is 14.6. The lowest BCUT2D eigenvalue weighted by Crippen LogP contribution is -2.52. The third-order valence-corrected chi connectivity index (χ3v) is 8.21. The van der Waals surface area contributed by atoms with Crippen LogP contribution in [0.5, 0.6) is 11.5 Å². The van der Waals surface area contributed by atoms with Crippen LogP contribution < -0.4 is 19.1 Å². The monoisotopic (exact) mass is 585 g/mol. The normalized spacial score (nSPS) is 12.0. The number of halogens is 1. The Morgan fingerprint density at radius 1 is 0.927 bits per heavy atom. The maximum Gasteiger partial charge on any atom is 0.264 e. The molecular weight excluding hydrogens is 549 g/mol. The summed E-state index contributed by atoms with van der Waals surface area (Å²) in [5.74, 6) is -1.15. The second-order valence-corrected chi connectivity index (χ2v) is 11.7. The summed E-state index contributed by atoms with van der Waals surface area (Å²) >= 11 is 0. The fourth-order valence-electron chi connectivity index (χ4n) is 4.14. The molecule has 11 heteroatoms. The van der Waals surface area contributed by atoms with Gasteiger partial charge >= 0.3 is 0 Å². The van der Waals surface area contributed by atoms with E-state index in [1.165, 1.54) is 62.4 Å². The molecule has 41 heavy (non-hydrogen) atoms. The van der Waals surface area contributed by atoms with E-state index in [4.69, 9.17) is 9.47 Å². The van der Waals surface area contributed by atoms with Crippen molar-refractivity contribution in [2.24, 2.45) is 0 Å². The molecule has 0 radical (unpaired) electrons. The highest BCUT2D eigenvalue weighted by Crippen LogP contribution is 2.32. The van der Waals surface area contributed by atoms with Crippen molar-refractivity contribution in [3.05, 3.63) is 83.7 Å². The number of rotatable bonds is 12. The van der Waals surface area contributed by atoms with Crippen molar-refractivity contribution in [3.8, 4) is 11.5 Å². The molecule has 220 valence electrons. The minimum atomic E-state index is -4.32. The van der Waals surface area contributed by atoms with Crippen LogP contribution in [0.1, 0.15) is 31.9 Å². The van der Waals surface area contributed by atoms with E-state index in [9.17, 15) is 22.4 Å². The molecule has 3 aromatic rings. The Labute approximate surface area is 240 Å². The van der Waals surface area contributed by atoms with Gasteiger partial charge in [-0.1, -0.05) is 35.9 Å². The van der Waals surface area contributed by atoms with Gasteiger partial charge in [-0.25, -0.2) is 12.8 Å². The van der Waals surface area contributed by atoms with Crippen molar-refractivity contribution < 1.29 is 31.9 Å². The smallest absolute Gasteiger partial charge is 0.264 e. The van der Waals surface area contributed by atoms with Crippen LogP contribution in [-0.2, 0) is 26.2 Å². The van der Waals surface area contributed by atoms with E-state index in [0.29, 0.717) is 5.75 Å². The van der Waals surface area contributed by atoms with E-state index in [0.717, 1.165) is 9.87 Å². The molecule has 0 aromatic heterocycles. The summed E-state index contributed by atoms with van der Waals surface area (Å²) in [4.78, 5) is 27.9. The van der Waals surface area contributed by atoms with Crippen molar-refractivity contribution in [1.82, 2.24) is 10.2 Å². The molecule has 1 atom stereocenters. The summed E-state index contributed by atoms with van der Waals surface area (Å²) in [6, 6.07) is 15.5. The number of ether oxygens (including phenoxy) is 2. The van der Waals surface area contributed by atoms with Gasteiger partial charge in [-0.05, 0) is 58.0 Å². The lowest BCUT2D eigenvalue weighted by atomic mass is 10.1. The summed E-state index contributed by atoms with van der Waals surface area (Å²) < 4.78 is 54.2. The summed E-state index contributed by atoms with van der Waals surface area (Å²) in [7, 11) is -1.50. The Hall–Kier alpha value is -4.12. The molecule has 0 bridgehead atoms. The highest BCUT2D eigenvalue weighted by molar-refractivity contribution is 7.92. The molecule has 0 saturated carbocycles. The number of methoxy groups -OCH3 is 2. The minimum Gasteiger partial charge on any atom is -0.493 e. The van der Waals surface area contributed by atoms with Crippen molar-refractivity contribution >= 4 is 27.5 Å². The van der Waals surface area contributed by atoms with Crippen molar-refractivity contribution in [3.63, 3.8) is 0 Å². The molecule has 9 nitrogen and oxygen atoms in total. The first-order chi connectivity index (χ1) is 19.4. The molecule has 0 fully saturated rings. The first-order valence-corrected chi connectivity index (χ1v) is 14.5. The largest absolute Gasteiger partial charge is 0.493 e. The van der Waals surface area contributed by atoms with Crippen molar-refractivity contribution in [1.29, 1.82) is 0 Å². The Bertz CT molecular complexity index is 1480. The number of sulfonamides is 1. The molecule has 0 heterocycles. The number of hydrogen-bond acceptors (Lipinski definition) is 6. The molecule has 2 amide bonds. The van der Waals surface area contributed by atoms with Gasteiger partial charge in [-0.2, -0.15) is 0 Å². The first-order valence-electron chi connectivity index (χ1n) is 13.0. The molecule has 3 rings (SSSR count). The summed E-state index contributed by atoms with van der Waals surface area (Å²) in [5.41, 5.74) is 1.32. The van der Waals surface area contributed by atoms with Crippen LogP contribution in [0.15, 0.2) is 71.6 Å². The highest BCUT2D eigenvalue weighted by atomic mass is 32.2. The zero-order valence-corrected chi connectivity index (χ0v) is 24.9. The number of nitrogens with zero attached hydrogens (tertiary/aromatic N) is 2. The number of hydrogen-bond donors (Lipinski definition) is 1. The molecule has 0 saturated heterocycles. The molecule has 0 aliphatic carbocycles. The lowest BCUT2D eigenvalue weighted by molar-refractivity contribution is -0.139. The van der Waals surface area contributed by atoms with Gasteiger partial charge in [0.2, 0.25) is 11.8 Å². The fourth-order valence-corrected chi connectivity index (χ4v) is 5.57. The summed E-state index contributed by atoms with van der Waals surface area (Å²) in [6.07, 6.45) is 0. The average molecular weight is 586 g/mol. The van der Waals surface area contributed by atoms with Gasteiger partial charge < -0.3 is 19.7 Å². The molecule has 3 aromatic carbocycles. The molecule has 1 N–H and O–H groups in total. The number of benzene rings is 3. The molecule has 0 aliphatic rings. The van der Waals surface area contributed by atoms with Gasteiger partial charge in [0, 0.05) is 24.2 Å². The SMILES string of the molecule is COc1ccc(S(=O)(=O)N(CC(=O)N(Cc2ccccc2F)[C@@H](C)C(=O)NC(C)C)c2ccc(C)cc2)cc1OC. The molecular formula is C30H36FN3O6S. The van der Waals surface area contributed by atoms with Gasteiger partial charge in [0.25, 0.3) is 10.0 Å². The Balaban J connectivity index is 2.08. The van der Waals surface area contributed by atoms with E-state index in [2.05, 4.69) is 5.32 Å². The zero-order valence-electron chi connectivity index (χ0n) is 24.0. The molecule has 0 aliphatic heterocycles. The summed E-state index contributed by atoms with van der Waals surface area (Å²) in [6.45, 7) is 6.05. The number of carbonyl (C=O) groups is 2. The molecule has 0 spiro atoms. The number of carbonyl (C=O) groups excluding carboxylic acids is 2. The van der Waals surface area contributed by atoms with Crippen molar-refractivity contribution in [2.45, 2.75) is 51.2 Å². The first kappa shape index (κ1) is 31.4. The predicted octanol–water partition coefficient (Wildman–Crippen LogP) is 4.29. The topological polar surface area (TPSA) is 105 Å². The van der Waals surface area contributed by atoms with Crippen molar-refractivity contribution in [2.75, 3.05) is 25.1 Å². The van der Waals surface area contributed by atoms with Crippen LogP contribution in [-0.4, -0.2) is 58.0 Å². The predicted molar refractivity (Wildman–Crippen MR) is 155 cm³/mol. The number of anilines is 1. The Morgan fingerprint density at radius 2 is 1.56 bits per heavy atom. The van der Waals surface area contributed by atoms with Gasteiger partial charge in [0.05, 0.1) is 24.8 Å². The van der Waals surface area contributed by atoms with Crippen LogP contribution in [0.2, 0.25) is 0 Å². The highest BCUT2D eigenvalue weighted by Gasteiger charge is 2.33. The Morgan fingerprint density at radius 3 is 2.15 bits per heavy atom. The molecule has 0 unspecified atom stereocenters. The summed E-state index contributed by atoms with van der Waals surface area (Å²) in [5, 5.41) is 2.76. The van der Waals surface area contributed by atoms with Crippen LogP contribution in [0.4, 0.5) is 10.1 Å². The number of aryl methyl sites for hydroxylation is 1. The standard InChI is InChI=1S/C30H36FN3O6S/c1-20(2)32-30(36)22(4)33(18-23-9-7-8-10-26(23)31)29(35)19-34(24-13-11-21(3)12-14-24)41(37,38)25-15-16-27(39-5)28(17-25)40-6/h7-17,20,22H,18-19H2,1-6H3,(H,32,36)/t22-/m0/s1. The number of nitrogens with one attached hydrogen (secondary N) is 1. The van der Waals surface area contributed by atoms with E-state index in [1.807, 2.05) is 6.92 Å². The van der Waals surface area contributed by atoms with Crippen LogP contribution >= 0.6 is 0 Å². The average Bonchev–Trinajstić information content (AvgIpc) is 2.94. The van der Waals surface area contributed by atoms with Crippen LogP contribution in [0.3, 0.4) is 0 Å². The third kappa shape index (κ3) is 7.55. The van der Waals surface area contributed by atoms with Gasteiger partial charge in [-0.3, -0.25) is 13.9 Å². The lowest BCUT2D eigenvalue weighted by Gasteiger charge is -2.32. The zero-order chi connectivity index (χ0) is 30.3. The Kier molecular flexibility index (Phi) is 10.3. The maximum atomic E-state index is 14.6. The second-order valence-electron chi connectivity index (χ2n) is 9.82. The van der Waals surface area contributed by atoms with E-state index >= 15 is 0 Å². The van der Waals surface area contributed by atoms with Gasteiger partial charge in [0.1, 0.15) is 18.4 Å². The fraction of sp³-hybridized carbons (Fsp3) is 0.333. The van der Waals surface area contributed by atoms with E-state index in [-0.39, 0.29) is 34.5 Å². The van der Waals surface area contributed by atoms with Crippen LogP contribution in [0.25, 0.3) is 0 Å². The van der Waals surface area contributed by atoms with Gasteiger partial charge in [-0.15, -0.1) is 0 Å². The third-order valence-electron chi connectivity index (χ3n) is 6.44. The minimum absolute atomic E-state index is 0.130. The second kappa shape index (κ2) is 13.5.